The van der Waals surface area contributed by atoms with E-state index in [1.54, 1.807) is 0 Å². The third-order valence-electron chi connectivity index (χ3n) is 4.10. The lowest BCUT2D eigenvalue weighted by Crippen LogP contribution is -2.36. The van der Waals surface area contributed by atoms with Crippen LogP contribution in [0.25, 0.3) is 0 Å². The second-order valence-electron chi connectivity index (χ2n) is 6.14. The average molecular weight is 274 g/mol. The van der Waals surface area contributed by atoms with Gasteiger partial charge < -0.3 is 10.6 Å². The molecular formula is C17H26N2O. The van der Waals surface area contributed by atoms with Gasteiger partial charge in [0, 0.05) is 12.5 Å². The molecule has 0 aliphatic carbocycles. The summed E-state index contributed by atoms with van der Waals surface area (Å²) in [5, 5.41) is 6.60. The molecule has 1 saturated heterocycles. The molecule has 0 aromatic heterocycles. The Bertz CT molecular complexity index is 450. The molecule has 110 valence electrons. The number of hydrogen-bond donors (Lipinski definition) is 2. The summed E-state index contributed by atoms with van der Waals surface area (Å²) in [6.45, 7) is 7.47. The number of carbonyl (C=O) groups excluding carboxylic acids is 1. The van der Waals surface area contributed by atoms with E-state index in [0.29, 0.717) is 18.4 Å². The minimum Gasteiger partial charge on any atom is -0.349 e. The van der Waals surface area contributed by atoms with Crippen molar-refractivity contribution in [3.63, 3.8) is 0 Å². The smallest absolute Gasteiger partial charge is 0.222 e. The lowest BCUT2D eigenvalue weighted by atomic mass is 9.92. The number of hydrogen-bond acceptors (Lipinski definition) is 2. The molecule has 1 amide bonds. The van der Waals surface area contributed by atoms with Crippen LogP contribution in [0.4, 0.5) is 0 Å². The minimum absolute atomic E-state index is 0.102. The fourth-order valence-electron chi connectivity index (χ4n) is 2.93. The number of amides is 1. The molecule has 1 aliphatic rings. The zero-order valence-corrected chi connectivity index (χ0v) is 12.8. The Morgan fingerprint density at radius 1 is 1.40 bits per heavy atom. The molecule has 0 spiro atoms. The van der Waals surface area contributed by atoms with Gasteiger partial charge in [0.1, 0.15) is 0 Å². The first kappa shape index (κ1) is 15.0. The number of rotatable bonds is 5. The van der Waals surface area contributed by atoms with Gasteiger partial charge >= 0.3 is 0 Å². The molecular weight excluding hydrogens is 248 g/mol. The van der Waals surface area contributed by atoms with E-state index < -0.39 is 0 Å². The average Bonchev–Trinajstić information content (AvgIpc) is 2.89. The molecule has 2 N–H and O–H groups in total. The third-order valence-corrected chi connectivity index (χ3v) is 4.10. The monoisotopic (exact) mass is 274 g/mol. The van der Waals surface area contributed by atoms with Crippen LogP contribution in [0.3, 0.4) is 0 Å². The second-order valence-corrected chi connectivity index (χ2v) is 6.14. The lowest BCUT2D eigenvalue weighted by Gasteiger charge is -2.25. The summed E-state index contributed by atoms with van der Waals surface area (Å²) in [5.41, 5.74) is 2.47. The predicted octanol–water partition coefficient (Wildman–Crippen LogP) is 2.95. The van der Waals surface area contributed by atoms with Crippen LogP contribution in [0, 0.1) is 12.8 Å². The van der Waals surface area contributed by atoms with E-state index in [1.165, 1.54) is 17.5 Å². The Morgan fingerprint density at radius 3 is 2.75 bits per heavy atom. The molecule has 0 radical (unpaired) electrons. The van der Waals surface area contributed by atoms with Crippen molar-refractivity contribution >= 4 is 5.91 Å². The van der Waals surface area contributed by atoms with Crippen molar-refractivity contribution in [3.05, 3.63) is 35.4 Å². The molecule has 1 aliphatic heterocycles. The van der Waals surface area contributed by atoms with Crippen molar-refractivity contribution in [1.82, 2.24) is 10.6 Å². The summed E-state index contributed by atoms with van der Waals surface area (Å²) in [6, 6.07) is 8.77. The van der Waals surface area contributed by atoms with Gasteiger partial charge in [-0.05, 0) is 43.4 Å². The molecule has 1 fully saturated rings. The fraction of sp³-hybridized carbons (Fsp3) is 0.588. The van der Waals surface area contributed by atoms with Crippen LogP contribution < -0.4 is 10.6 Å². The maximum Gasteiger partial charge on any atom is 0.222 e. The van der Waals surface area contributed by atoms with Gasteiger partial charge in [-0.2, -0.15) is 0 Å². The van der Waals surface area contributed by atoms with Gasteiger partial charge in [0.15, 0.2) is 0 Å². The first-order valence-electron chi connectivity index (χ1n) is 7.66. The van der Waals surface area contributed by atoms with E-state index in [0.717, 1.165) is 13.0 Å². The third kappa shape index (κ3) is 3.83. The van der Waals surface area contributed by atoms with E-state index in [2.05, 4.69) is 43.5 Å². The Morgan fingerprint density at radius 2 is 2.15 bits per heavy atom. The normalized spacial score (nSPS) is 20.1. The largest absolute Gasteiger partial charge is 0.349 e. The highest BCUT2D eigenvalue weighted by molar-refractivity contribution is 5.77. The van der Waals surface area contributed by atoms with Gasteiger partial charge in [0.2, 0.25) is 5.91 Å². The SMILES string of the molecule is Cc1ccccc1C(NC(=O)CC1CCCN1)C(C)C. The quantitative estimate of drug-likeness (QED) is 0.866. The molecule has 2 rings (SSSR count). The molecule has 2 unspecified atom stereocenters. The minimum atomic E-state index is 0.102. The number of nitrogens with one attached hydrogen (secondary N) is 2. The highest BCUT2D eigenvalue weighted by Crippen LogP contribution is 2.24. The molecule has 1 aromatic rings. The van der Waals surface area contributed by atoms with Gasteiger partial charge in [0.25, 0.3) is 0 Å². The highest BCUT2D eigenvalue weighted by Gasteiger charge is 2.22. The maximum absolute atomic E-state index is 12.2. The molecule has 3 nitrogen and oxygen atoms in total. The molecule has 1 aromatic carbocycles. The molecule has 0 bridgehead atoms. The van der Waals surface area contributed by atoms with Crippen molar-refractivity contribution in [3.8, 4) is 0 Å². The summed E-state index contributed by atoms with van der Waals surface area (Å²) in [7, 11) is 0. The summed E-state index contributed by atoms with van der Waals surface area (Å²) in [5.74, 6) is 0.544. The summed E-state index contributed by atoms with van der Waals surface area (Å²) in [4.78, 5) is 12.2. The lowest BCUT2D eigenvalue weighted by molar-refractivity contribution is -0.122. The van der Waals surface area contributed by atoms with Gasteiger partial charge in [0.05, 0.1) is 6.04 Å². The van der Waals surface area contributed by atoms with Gasteiger partial charge in [-0.3, -0.25) is 4.79 Å². The predicted molar refractivity (Wildman–Crippen MR) is 82.5 cm³/mol. The molecule has 1 heterocycles. The van der Waals surface area contributed by atoms with Crippen molar-refractivity contribution in [2.24, 2.45) is 5.92 Å². The van der Waals surface area contributed by atoms with Gasteiger partial charge in [-0.1, -0.05) is 38.1 Å². The Balaban J connectivity index is 2.02. The number of aryl methyl sites for hydroxylation is 1. The molecule has 0 saturated carbocycles. The van der Waals surface area contributed by atoms with E-state index in [-0.39, 0.29) is 11.9 Å². The Labute approximate surface area is 122 Å². The van der Waals surface area contributed by atoms with Crippen LogP contribution in [0.15, 0.2) is 24.3 Å². The highest BCUT2D eigenvalue weighted by atomic mass is 16.1. The van der Waals surface area contributed by atoms with Crippen molar-refractivity contribution in [2.45, 2.75) is 52.1 Å². The van der Waals surface area contributed by atoms with Crippen LogP contribution in [-0.4, -0.2) is 18.5 Å². The van der Waals surface area contributed by atoms with Crippen LogP contribution in [-0.2, 0) is 4.79 Å². The fourth-order valence-corrected chi connectivity index (χ4v) is 2.93. The first-order chi connectivity index (χ1) is 9.58. The van der Waals surface area contributed by atoms with Gasteiger partial charge in [-0.15, -0.1) is 0 Å². The zero-order chi connectivity index (χ0) is 14.5. The topological polar surface area (TPSA) is 41.1 Å². The summed E-state index contributed by atoms with van der Waals surface area (Å²) < 4.78 is 0. The van der Waals surface area contributed by atoms with Crippen LogP contribution in [0.5, 0.6) is 0 Å². The van der Waals surface area contributed by atoms with Crippen LogP contribution in [0.1, 0.15) is 50.3 Å². The van der Waals surface area contributed by atoms with Crippen molar-refractivity contribution < 1.29 is 4.79 Å². The summed E-state index contributed by atoms with van der Waals surface area (Å²) in [6.07, 6.45) is 2.89. The first-order valence-corrected chi connectivity index (χ1v) is 7.66. The van der Waals surface area contributed by atoms with Crippen molar-refractivity contribution in [2.75, 3.05) is 6.54 Å². The van der Waals surface area contributed by atoms with Crippen LogP contribution in [0.2, 0.25) is 0 Å². The van der Waals surface area contributed by atoms with E-state index in [9.17, 15) is 4.79 Å². The number of benzene rings is 1. The maximum atomic E-state index is 12.2. The van der Waals surface area contributed by atoms with Crippen LogP contribution >= 0.6 is 0 Å². The second kappa shape index (κ2) is 6.89. The molecule has 20 heavy (non-hydrogen) atoms. The van der Waals surface area contributed by atoms with E-state index in [1.807, 2.05) is 12.1 Å². The molecule has 2 atom stereocenters. The number of carbonyl (C=O) groups is 1. The zero-order valence-electron chi connectivity index (χ0n) is 12.8. The Kier molecular flexibility index (Phi) is 5.18. The molecule has 3 heteroatoms. The Hall–Kier alpha value is -1.35. The summed E-state index contributed by atoms with van der Waals surface area (Å²) >= 11 is 0. The van der Waals surface area contributed by atoms with E-state index >= 15 is 0 Å². The van der Waals surface area contributed by atoms with Crippen molar-refractivity contribution in [1.29, 1.82) is 0 Å². The standard InChI is InChI=1S/C17H26N2O/c1-12(2)17(15-9-5-4-7-13(15)3)19-16(20)11-14-8-6-10-18-14/h4-5,7,9,12,14,17-18H,6,8,10-11H2,1-3H3,(H,19,20). The van der Waals surface area contributed by atoms with E-state index in [4.69, 9.17) is 0 Å². The van der Waals surface area contributed by atoms with Gasteiger partial charge in [-0.25, -0.2) is 0 Å².